The highest BCUT2D eigenvalue weighted by atomic mass is 32.1. The topological polar surface area (TPSA) is 87.1 Å². The Kier molecular flexibility index (Phi) is 12.1. The van der Waals surface area contributed by atoms with Crippen molar-refractivity contribution in [1.82, 2.24) is 4.90 Å². The van der Waals surface area contributed by atoms with Crippen LogP contribution in [0, 0.1) is 46.3 Å². The van der Waals surface area contributed by atoms with Crippen LogP contribution in [0.1, 0.15) is 158 Å². The SMILES string of the molecule is CC1=CCCC2(C)C(CCC2(O)CN(CC2CCC3CC2C3(C)C)C(=O)OC2CC(C)CCC2C(C)C)c2ccc(cc2C(=O)c2cc3ccccc3s2)CC(O)CC1. The number of ether oxygens (including phenoxy) is 1. The minimum atomic E-state index is -1.20. The molecule has 7 heteroatoms. The van der Waals surface area contributed by atoms with Gasteiger partial charge in [0.05, 0.1) is 23.1 Å². The third-order valence-corrected chi connectivity index (χ3v) is 18.1. The monoisotopic (exact) mass is 822 g/mol. The molecule has 1 amide bonds. The van der Waals surface area contributed by atoms with Crippen LogP contribution >= 0.6 is 11.3 Å². The van der Waals surface area contributed by atoms with Gasteiger partial charge in [0, 0.05) is 22.2 Å². The van der Waals surface area contributed by atoms with Crippen LogP contribution in [-0.2, 0) is 11.2 Å². The Hall–Kier alpha value is -3.00. The summed E-state index contributed by atoms with van der Waals surface area (Å²) in [5, 5.41) is 25.7. The van der Waals surface area contributed by atoms with Gasteiger partial charge in [-0.05, 0) is 166 Å². The van der Waals surface area contributed by atoms with Crippen LogP contribution < -0.4 is 0 Å². The highest BCUT2D eigenvalue weighted by molar-refractivity contribution is 7.21. The van der Waals surface area contributed by atoms with Gasteiger partial charge in [-0.3, -0.25) is 4.79 Å². The Morgan fingerprint density at radius 3 is 2.51 bits per heavy atom. The Morgan fingerprint density at radius 1 is 0.966 bits per heavy atom. The molecule has 5 fully saturated rings. The molecule has 7 aliphatic rings. The number of carbonyl (C=O) groups is 2. The van der Waals surface area contributed by atoms with E-state index in [-0.39, 0.29) is 35.9 Å². The van der Waals surface area contributed by atoms with Crippen LogP contribution in [0.4, 0.5) is 4.79 Å². The largest absolute Gasteiger partial charge is 0.446 e. The van der Waals surface area contributed by atoms with Crippen molar-refractivity contribution in [3.63, 3.8) is 0 Å². The highest BCUT2D eigenvalue weighted by Gasteiger charge is 2.59. The molecular formula is C52H71NO5S. The highest BCUT2D eigenvalue weighted by Crippen LogP contribution is 2.62. The van der Waals surface area contributed by atoms with Crippen molar-refractivity contribution in [3.05, 3.63) is 81.7 Å². The first kappa shape index (κ1) is 42.7. The van der Waals surface area contributed by atoms with E-state index in [1.54, 1.807) is 0 Å². The smallest absolute Gasteiger partial charge is 0.410 e. The maximum absolute atomic E-state index is 14.9. The molecule has 3 aromatic rings. The summed E-state index contributed by atoms with van der Waals surface area (Å²) < 4.78 is 7.75. The third-order valence-electron chi connectivity index (χ3n) is 16.9. The Bertz CT molecular complexity index is 2010. The van der Waals surface area contributed by atoms with Gasteiger partial charge in [-0.25, -0.2) is 4.79 Å². The molecule has 0 aliphatic heterocycles. The summed E-state index contributed by atoms with van der Waals surface area (Å²) >= 11 is 1.53. The zero-order chi connectivity index (χ0) is 41.9. The van der Waals surface area contributed by atoms with Crippen molar-refractivity contribution < 1.29 is 24.5 Å². The molecule has 1 aromatic heterocycles. The zero-order valence-electron chi connectivity index (χ0n) is 37.0. The molecule has 10 unspecified atom stereocenters. The lowest BCUT2D eigenvalue weighted by Gasteiger charge is -2.60. The zero-order valence-corrected chi connectivity index (χ0v) is 37.8. The lowest BCUT2D eigenvalue weighted by atomic mass is 9.45. The van der Waals surface area contributed by atoms with Gasteiger partial charge in [0.25, 0.3) is 0 Å². The Balaban J connectivity index is 1.17. The third kappa shape index (κ3) is 8.23. The van der Waals surface area contributed by atoms with Gasteiger partial charge in [0.1, 0.15) is 6.10 Å². The normalized spacial score (nSPS) is 34.4. The summed E-state index contributed by atoms with van der Waals surface area (Å²) in [5.41, 5.74) is 2.29. The first-order chi connectivity index (χ1) is 28.1. The second-order valence-electron chi connectivity index (χ2n) is 21.3. The number of nitrogens with zero attached hydrogens (tertiary/aromatic N) is 1. The van der Waals surface area contributed by atoms with Crippen molar-refractivity contribution in [2.75, 3.05) is 13.1 Å². The van der Waals surface area contributed by atoms with Crippen LogP contribution in [0.3, 0.4) is 0 Å². The summed E-state index contributed by atoms with van der Waals surface area (Å²) in [6.45, 7) is 16.9. The number of ketones is 1. The summed E-state index contributed by atoms with van der Waals surface area (Å²) in [7, 11) is 0. The fourth-order valence-corrected chi connectivity index (χ4v) is 13.9. The van der Waals surface area contributed by atoms with Crippen molar-refractivity contribution in [2.24, 2.45) is 46.3 Å². The minimum Gasteiger partial charge on any atom is -0.446 e. The summed E-state index contributed by atoms with van der Waals surface area (Å²) in [5.74, 6) is 2.89. The molecule has 0 spiro atoms. The number of hydrogen-bond acceptors (Lipinski definition) is 6. The number of allylic oxidation sites excluding steroid dienone is 2. The maximum atomic E-state index is 14.9. The molecule has 320 valence electrons. The van der Waals surface area contributed by atoms with Crippen LogP contribution in [-0.4, -0.2) is 57.9 Å². The lowest BCUT2D eigenvalue weighted by molar-refractivity contribution is -0.122. The predicted octanol–water partition coefficient (Wildman–Crippen LogP) is 12.1. The van der Waals surface area contributed by atoms with E-state index in [9.17, 15) is 19.8 Å². The molecule has 6 nitrogen and oxygen atoms in total. The van der Waals surface area contributed by atoms with Gasteiger partial charge in [-0.15, -0.1) is 11.3 Å². The van der Waals surface area contributed by atoms with Gasteiger partial charge < -0.3 is 19.8 Å². The quantitative estimate of drug-likeness (QED) is 0.175. The fraction of sp³-hybridized carbons (Fsp3) is 0.654. The second kappa shape index (κ2) is 16.7. The second-order valence-corrected chi connectivity index (χ2v) is 22.3. The maximum Gasteiger partial charge on any atom is 0.410 e. The van der Waals surface area contributed by atoms with Gasteiger partial charge in [-0.2, -0.15) is 0 Å². The van der Waals surface area contributed by atoms with E-state index in [0.29, 0.717) is 78.7 Å². The molecule has 10 atom stereocenters. The summed E-state index contributed by atoms with van der Waals surface area (Å²) in [6.07, 6.45) is 12.8. The number of thiophene rings is 1. The van der Waals surface area contributed by atoms with Gasteiger partial charge >= 0.3 is 6.09 Å². The van der Waals surface area contributed by atoms with E-state index in [0.717, 1.165) is 59.2 Å². The number of aliphatic hydroxyl groups excluding tert-OH is 1. The van der Waals surface area contributed by atoms with Crippen molar-refractivity contribution >= 4 is 33.3 Å². The molecule has 4 bridgehead atoms. The van der Waals surface area contributed by atoms with Gasteiger partial charge in [-0.1, -0.05) is 89.9 Å². The number of aliphatic hydroxyl groups is 2. The molecule has 10 rings (SSSR count). The number of fused-ring (bicyclic) bond motifs is 11. The van der Waals surface area contributed by atoms with E-state index in [2.05, 4.69) is 78.8 Å². The molecule has 1 heterocycles. The first-order valence-corrected chi connectivity index (χ1v) is 24.1. The number of benzene rings is 2. The van der Waals surface area contributed by atoms with E-state index >= 15 is 0 Å². The van der Waals surface area contributed by atoms with Crippen molar-refractivity contribution in [3.8, 4) is 0 Å². The van der Waals surface area contributed by atoms with E-state index < -0.39 is 17.1 Å². The van der Waals surface area contributed by atoms with Gasteiger partial charge in [0.2, 0.25) is 5.78 Å². The standard InChI is InChI=1S/C52H71NO5S/c1-32(2)40-20-15-34(4)25-45(40)58-49(56)53(30-37-17-18-38-29-44(37)50(38,5)6)31-52(57)24-22-43-41-21-16-35(26-39(54)19-14-33(3)11-10-23-51(43,52)7)27-42(41)48(55)47-28-36-12-8-9-13-46(36)59-47/h8-9,11-13,16,21,27-28,32,34,37-40,43-45,54,57H,10,14-15,17-20,22-26,29-31H2,1-7H3. The van der Waals surface area contributed by atoms with Crippen molar-refractivity contribution in [2.45, 2.75) is 156 Å². The van der Waals surface area contributed by atoms with E-state index in [1.807, 2.05) is 29.2 Å². The molecule has 2 aromatic carbocycles. The number of hydrogen-bond donors (Lipinski definition) is 2. The Morgan fingerprint density at radius 2 is 1.76 bits per heavy atom. The van der Waals surface area contributed by atoms with E-state index in [1.165, 1.54) is 36.2 Å². The average Bonchev–Trinajstić information content (AvgIpc) is 3.74. The average molecular weight is 822 g/mol. The lowest BCUT2D eigenvalue weighted by Crippen LogP contribution is -2.58. The molecular weight excluding hydrogens is 751 g/mol. The number of rotatable bonds is 8. The predicted molar refractivity (Wildman–Crippen MR) is 240 cm³/mol. The van der Waals surface area contributed by atoms with Crippen molar-refractivity contribution in [1.29, 1.82) is 0 Å². The molecule has 7 aliphatic carbocycles. The molecule has 0 radical (unpaired) electrons. The molecule has 59 heavy (non-hydrogen) atoms. The van der Waals surface area contributed by atoms with Crippen LogP contribution in [0.15, 0.2) is 60.2 Å². The molecule has 0 saturated heterocycles. The number of amides is 1. The van der Waals surface area contributed by atoms with Gasteiger partial charge in [0.15, 0.2) is 0 Å². The summed E-state index contributed by atoms with van der Waals surface area (Å²) in [4.78, 5) is 32.4. The van der Waals surface area contributed by atoms with Crippen LogP contribution in [0.25, 0.3) is 10.1 Å². The van der Waals surface area contributed by atoms with Crippen LogP contribution in [0.5, 0.6) is 0 Å². The summed E-state index contributed by atoms with van der Waals surface area (Å²) in [6, 6.07) is 16.4. The minimum absolute atomic E-state index is 0.00324. The van der Waals surface area contributed by atoms with Crippen LogP contribution in [0.2, 0.25) is 0 Å². The van der Waals surface area contributed by atoms with E-state index in [4.69, 9.17) is 4.74 Å². The fourth-order valence-electron chi connectivity index (χ4n) is 12.9. The molecule has 2 N–H and O–H groups in total. The number of carbonyl (C=O) groups excluding carboxylic acids is 2. The molecule has 5 saturated carbocycles. The first-order valence-electron chi connectivity index (χ1n) is 23.2. The Labute approximate surface area is 358 Å².